The molecule has 0 fully saturated rings. The van der Waals surface area contributed by atoms with Crippen LogP contribution in [0.25, 0.3) is 0 Å². The highest BCUT2D eigenvalue weighted by molar-refractivity contribution is 6.03. The number of hydrogen-bond donors (Lipinski definition) is 4. The lowest BCUT2D eigenvalue weighted by Crippen LogP contribution is -2.11. The van der Waals surface area contributed by atoms with Gasteiger partial charge in [0, 0.05) is 0 Å². The van der Waals surface area contributed by atoms with Crippen LogP contribution in [0.5, 0.6) is 0 Å². The van der Waals surface area contributed by atoms with Crippen LogP contribution in [-0.2, 0) is 19.6 Å². The molecule has 2 rings (SSSR count). The van der Waals surface area contributed by atoms with Crippen molar-refractivity contribution in [1.29, 1.82) is 0 Å². The summed E-state index contributed by atoms with van der Waals surface area (Å²) in [6.45, 7) is 0. The zero-order valence-corrected chi connectivity index (χ0v) is 16.7. The molecule has 0 saturated carbocycles. The van der Waals surface area contributed by atoms with E-state index in [-0.39, 0.29) is 78.2 Å². The van der Waals surface area contributed by atoms with Gasteiger partial charge in [0.05, 0.1) is 22.3 Å². The molecule has 0 aromatic heterocycles. The van der Waals surface area contributed by atoms with Gasteiger partial charge in [-0.2, -0.15) is 21.0 Å². The van der Waals surface area contributed by atoms with Crippen molar-refractivity contribution < 1.29 is 92.6 Å². The Morgan fingerprint density at radius 3 is 0.686 bits per heavy atom. The van der Waals surface area contributed by atoms with E-state index in [1.165, 1.54) is 48.5 Å². The van der Waals surface area contributed by atoms with Gasteiger partial charge in [-0.05, 0) is 24.3 Å². The minimum Gasteiger partial charge on any atom is -0.412 e. The molecule has 0 aliphatic heterocycles. The minimum atomic E-state index is -1.11. The van der Waals surface area contributed by atoms with Crippen LogP contribution < -0.4 is 0 Å². The van der Waals surface area contributed by atoms with Gasteiger partial charge in [0.2, 0.25) is 0 Å². The zero-order chi connectivity index (χ0) is 21.1. The predicted octanol–water partition coefficient (Wildman–Crippen LogP) is -3.97. The van der Waals surface area contributed by atoms with Crippen molar-refractivity contribution in [2.75, 3.05) is 0 Å². The molecule has 200 valence electrons. The summed E-state index contributed by atoms with van der Waals surface area (Å²) in [5.74, 6) is -4.42. The lowest BCUT2D eigenvalue weighted by molar-refractivity contribution is -0.185. The van der Waals surface area contributed by atoms with E-state index in [1.807, 2.05) is 0 Å². The molecule has 0 heterocycles. The first-order valence-electron chi connectivity index (χ1n) is 7.02. The number of rotatable bonds is 4. The summed E-state index contributed by atoms with van der Waals surface area (Å²) in [6, 6.07) is 10.8. The van der Waals surface area contributed by atoms with E-state index in [9.17, 15) is 19.2 Å². The molecule has 0 amide bonds. The van der Waals surface area contributed by atoms with E-state index in [1.54, 1.807) is 0 Å². The average molecular weight is 531 g/mol. The van der Waals surface area contributed by atoms with Crippen LogP contribution in [0.2, 0.25) is 0 Å². The van der Waals surface area contributed by atoms with Crippen LogP contribution in [0.3, 0.4) is 0 Å². The fourth-order valence-corrected chi connectivity index (χ4v) is 1.87. The quantitative estimate of drug-likeness (QED) is 0.127. The predicted molar refractivity (Wildman–Crippen MR) is 115 cm³/mol. The van der Waals surface area contributed by atoms with Crippen molar-refractivity contribution in [3.63, 3.8) is 0 Å². The highest BCUT2D eigenvalue weighted by atomic mass is 24.3. The number of carbonyl (C=O) groups is 4. The van der Waals surface area contributed by atoms with Crippen molar-refractivity contribution in [1.82, 2.24) is 0 Å². The van der Waals surface area contributed by atoms with E-state index in [4.69, 9.17) is 21.0 Å². The number of hydrogen-bond acceptors (Lipinski definition) is 12. The first-order valence-corrected chi connectivity index (χ1v) is 7.02. The molecule has 0 aliphatic rings. The monoisotopic (exact) mass is 530 g/mol. The Hall–Kier alpha value is -3.31. The molecule has 2 aromatic carbocycles. The van der Waals surface area contributed by atoms with Crippen molar-refractivity contribution >= 4 is 46.9 Å². The normalized spacial score (nSPS) is 7.43. The largest absolute Gasteiger partial charge is 0.412 e. The van der Waals surface area contributed by atoms with Gasteiger partial charge in [0.15, 0.2) is 0 Å². The maximum Gasteiger partial charge on any atom is 0.373 e. The summed E-state index contributed by atoms with van der Waals surface area (Å²) < 4.78 is 0. The van der Waals surface area contributed by atoms with Crippen LogP contribution in [-0.4, -0.2) is 101 Å². The van der Waals surface area contributed by atoms with Gasteiger partial charge in [-0.15, -0.1) is 0 Å². The maximum absolute atomic E-state index is 10.9. The van der Waals surface area contributed by atoms with E-state index >= 15 is 0 Å². The topological polar surface area (TPSA) is 375 Å². The van der Waals surface area contributed by atoms with Crippen molar-refractivity contribution in [3.05, 3.63) is 70.8 Å². The Morgan fingerprint density at radius 2 is 0.571 bits per heavy atom. The second kappa shape index (κ2) is 25.3. The Morgan fingerprint density at radius 1 is 0.429 bits per heavy atom. The summed E-state index contributed by atoms with van der Waals surface area (Å²) in [5, 5.41) is 32.4. The summed E-state index contributed by atoms with van der Waals surface area (Å²) in [5.41, 5.74) is -0.800. The molecule has 0 saturated heterocycles. The standard InChI is InChI=1S/2C8H6O6.Mg.6H2O.2H/c2*9-7(13-11)5-3-1-2-4-6(5)8(10)14-12;;;;;;;;;/h2*1-4,11-12H;;6*1H2;;. The second-order valence-electron chi connectivity index (χ2n) is 4.61. The fraction of sp³-hybridized carbons (Fsp3) is 0. The third kappa shape index (κ3) is 13.9. The van der Waals surface area contributed by atoms with E-state index in [0.717, 1.165) is 0 Å². The highest BCUT2D eigenvalue weighted by Crippen LogP contribution is 2.11. The van der Waals surface area contributed by atoms with Crippen LogP contribution in [0.4, 0.5) is 0 Å². The highest BCUT2D eigenvalue weighted by Gasteiger charge is 2.19. The van der Waals surface area contributed by atoms with Crippen molar-refractivity contribution in [2.45, 2.75) is 0 Å². The van der Waals surface area contributed by atoms with Gasteiger partial charge in [-0.25, -0.2) is 19.2 Å². The molecule has 19 heteroatoms. The number of benzene rings is 2. The Labute approximate surface area is 210 Å². The first-order chi connectivity index (χ1) is 13.4. The summed E-state index contributed by atoms with van der Waals surface area (Å²) in [4.78, 5) is 57.3. The Balaban J connectivity index is -0.0000000747. The molecule has 16 N–H and O–H groups in total. The lowest BCUT2D eigenvalue weighted by Gasteiger charge is -2.02. The summed E-state index contributed by atoms with van der Waals surface area (Å²) in [6.07, 6.45) is 0. The van der Waals surface area contributed by atoms with Gasteiger partial charge in [-0.1, -0.05) is 24.3 Å². The average Bonchev–Trinajstić information content (AvgIpc) is 2.77. The first kappa shape index (κ1) is 49.0. The number of carbonyl (C=O) groups excluding carboxylic acids is 4. The Kier molecular flexibility index (Phi) is 35.4. The SMILES string of the molecule is O.O.O.O.O.O.O=C(OO)c1ccccc1C(=O)OO.O=C(OO)c1ccccc1C(=O)OO.[MgH2]. The Bertz CT molecular complexity index is 732. The molecule has 35 heavy (non-hydrogen) atoms. The van der Waals surface area contributed by atoms with Crippen LogP contribution in [0.1, 0.15) is 41.4 Å². The lowest BCUT2D eigenvalue weighted by atomic mass is 10.1. The van der Waals surface area contributed by atoms with Gasteiger partial charge < -0.3 is 32.9 Å². The smallest absolute Gasteiger partial charge is 0.373 e. The second-order valence-corrected chi connectivity index (χ2v) is 4.61. The minimum absolute atomic E-state index is 0. The van der Waals surface area contributed by atoms with Crippen molar-refractivity contribution in [3.8, 4) is 0 Å². The molecule has 2 aromatic rings. The molecule has 0 unspecified atom stereocenters. The van der Waals surface area contributed by atoms with E-state index < -0.39 is 23.9 Å². The molecule has 18 nitrogen and oxygen atoms in total. The molecule has 0 aliphatic carbocycles. The van der Waals surface area contributed by atoms with E-state index in [0.29, 0.717) is 0 Å². The molecular formula is C16H26MgO18. The third-order valence-corrected chi connectivity index (χ3v) is 3.07. The van der Waals surface area contributed by atoms with Crippen LogP contribution in [0, 0.1) is 0 Å². The van der Waals surface area contributed by atoms with Gasteiger partial charge in [0.1, 0.15) is 0 Å². The molecule has 0 atom stereocenters. The summed E-state index contributed by atoms with van der Waals surface area (Å²) in [7, 11) is 0. The van der Waals surface area contributed by atoms with Crippen LogP contribution >= 0.6 is 0 Å². The third-order valence-electron chi connectivity index (χ3n) is 3.07. The van der Waals surface area contributed by atoms with Gasteiger partial charge >= 0.3 is 46.9 Å². The molecule has 0 radical (unpaired) electrons. The molecule has 0 spiro atoms. The molecular weight excluding hydrogens is 504 g/mol. The summed E-state index contributed by atoms with van der Waals surface area (Å²) >= 11 is 0. The van der Waals surface area contributed by atoms with E-state index in [2.05, 4.69) is 19.6 Å². The molecule has 0 bridgehead atoms. The fourth-order valence-electron chi connectivity index (χ4n) is 1.87. The van der Waals surface area contributed by atoms with Gasteiger partial charge in [-0.3, -0.25) is 19.6 Å². The van der Waals surface area contributed by atoms with Crippen molar-refractivity contribution in [2.24, 2.45) is 0 Å². The van der Waals surface area contributed by atoms with Gasteiger partial charge in [0.25, 0.3) is 0 Å². The van der Waals surface area contributed by atoms with Crippen LogP contribution in [0.15, 0.2) is 48.5 Å². The maximum atomic E-state index is 10.9. The zero-order valence-electron chi connectivity index (χ0n) is 16.7.